The first-order valence-electron chi connectivity index (χ1n) is 10.5. The molecule has 0 saturated heterocycles. The second-order valence-electron chi connectivity index (χ2n) is 7.69. The van der Waals surface area contributed by atoms with Crippen LogP contribution in [-0.2, 0) is 16.6 Å². The molecule has 1 atom stereocenters. The lowest BCUT2D eigenvalue weighted by atomic mass is 9.99. The summed E-state index contributed by atoms with van der Waals surface area (Å²) in [6.07, 6.45) is 5.61. The first-order valence-corrected chi connectivity index (χ1v) is 13.1. The van der Waals surface area contributed by atoms with Gasteiger partial charge in [0.25, 0.3) is 5.91 Å². The van der Waals surface area contributed by atoms with Gasteiger partial charge in [-0.1, -0.05) is 68.4 Å². The highest BCUT2D eigenvalue weighted by Gasteiger charge is 2.19. The Morgan fingerprint density at radius 3 is 2.29 bits per heavy atom. The van der Waals surface area contributed by atoms with Gasteiger partial charge in [0.15, 0.2) is 0 Å². The highest BCUT2D eigenvalue weighted by molar-refractivity contribution is 7.92. The van der Waals surface area contributed by atoms with Gasteiger partial charge in [-0.05, 0) is 48.2 Å². The average Bonchev–Trinajstić information content (AvgIpc) is 2.73. The van der Waals surface area contributed by atoms with Crippen molar-refractivity contribution in [2.45, 2.75) is 46.1 Å². The number of carbonyl (C=O) groups is 1. The topological polar surface area (TPSA) is 66.5 Å². The SMILES string of the molecule is CCCC[C@@H](CC)CNC(=O)c1ccc(CN(c2ccc(Cl)c(Cl)c2)S(C)(=O)=O)cc1. The van der Waals surface area contributed by atoms with E-state index in [0.29, 0.717) is 28.7 Å². The number of benzene rings is 2. The van der Waals surface area contributed by atoms with Gasteiger partial charge in [0.1, 0.15) is 0 Å². The summed E-state index contributed by atoms with van der Waals surface area (Å²) in [6, 6.07) is 11.7. The van der Waals surface area contributed by atoms with E-state index in [1.807, 2.05) is 0 Å². The first kappa shape index (κ1) is 25.5. The van der Waals surface area contributed by atoms with Gasteiger partial charge in [0, 0.05) is 12.1 Å². The highest BCUT2D eigenvalue weighted by Crippen LogP contribution is 2.29. The fourth-order valence-electron chi connectivity index (χ4n) is 3.25. The molecule has 0 bridgehead atoms. The van der Waals surface area contributed by atoms with Crippen molar-refractivity contribution in [1.29, 1.82) is 0 Å². The summed E-state index contributed by atoms with van der Waals surface area (Å²) in [7, 11) is -3.55. The molecule has 2 rings (SSSR count). The van der Waals surface area contributed by atoms with E-state index in [9.17, 15) is 13.2 Å². The third-order valence-corrected chi connectivity index (χ3v) is 7.11. The Morgan fingerprint density at radius 1 is 1.06 bits per heavy atom. The molecule has 0 radical (unpaired) electrons. The Hall–Kier alpha value is -1.76. The number of hydrogen-bond acceptors (Lipinski definition) is 3. The molecule has 8 heteroatoms. The standard InChI is InChI=1S/C23H30Cl2N2O3S/c1-4-6-7-17(5-2)15-26-23(28)19-10-8-18(9-11-19)16-27(31(3,29)30)20-12-13-21(24)22(25)14-20/h8-14,17H,4-7,15-16H2,1-3H3,(H,26,28)/t17-/m1/s1. The zero-order valence-electron chi connectivity index (χ0n) is 18.2. The number of anilines is 1. The molecule has 2 aromatic carbocycles. The molecule has 0 fully saturated rings. The van der Waals surface area contributed by atoms with E-state index >= 15 is 0 Å². The third kappa shape index (κ3) is 7.70. The lowest BCUT2D eigenvalue weighted by Gasteiger charge is -2.23. The van der Waals surface area contributed by atoms with Crippen LogP contribution in [0.4, 0.5) is 5.69 Å². The number of rotatable bonds is 11. The predicted molar refractivity (Wildman–Crippen MR) is 130 cm³/mol. The summed E-state index contributed by atoms with van der Waals surface area (Å²) in [5, 5.41) is 3.65. The van der Waals surface area contributed by atoms with E-state index in [0.717, 1.165) is 31.1 Å². The van der Waals surface area contributed by atoms with Crippen LogP contribution in [0.5, 0.6) is 0 Å². The number of halogens is 2. The predicted octanol–water partition coefficient (Wildman–Crippen LogP) is 5.91. The molecular formula is C23H30Cl2N2O3S. The van der Waals surface area contributed by atoms with E-state index in [2.05, 4.69) is 19.2 Å². The second-order valence-corrected chi connectivity index (χ2v) is 10.4. The molecule has 0 saturated carbocycles. The Kier molecular flexibility index (Phi) is 9.66. The third-order valence-electron chi connectivity index (χ3n) is 5.23. The monoisotopic (exact) mass is 484 g/mol. The van der Waals surface area contributed by atoms with E-state index in [4.69, 9.17) is 23.2 Å². The number of unbranched alkanes of at least 4 members (excludes halogenated alkanes) is 1. The van der Waals surface area contributed by atoms with Crippen molar-refractivity contribution in [3.8, 4) is 0 Å². The Labute approximate surface area is 195 Å². The van der Waals surface area contributed by atoms with Crippen molar-refractivity contribution >= 4 is 44.8 Å². The Bertz CT molecular complexity index is 979. The molecular weight excluding hydrogens is 455 g/mol. The molecule has 5 nitrogen and oxygen atoms in total. The normalized spacial score (nSPS) is 12.4. The minimum absolute atomic E-state index is 0.119. The first-order chi connectivity index (χ1) is 14.7. The van der Waals surface area contributed by atoms with Crippen molar-refractivity contribution in [2.24, 2.45) is 5.92 Å². The van der Waals surface area contributed by atoms with Gasteiger partial charge < -0.3 is 5.32 Å². The van der Waals surface area contributed by atoms with Crippen LogP contribution in [-0.4, -0.2) is 27.1 Å². The van der Waals surface area contributed by atoms with Gasteiger partial charge >= 0.3 is 0 Å². The van der Waals surface area contributed by atoms with Crippen molar-refractivity contribution in [1.82, 2.24) is 5.32 Å². The molecule has 1 N–H and O–H groups in total. The lowest BCUT2D eigenvalue weighted by Crippen LogP contribution is -2.30. The smallest absolute Gasteiger partial charge is 0.251 e. The van der Waals surface area contributed by atoms with Crippen LogP contribution in [0.3, 0.4) is 0 Å². The summed E-state index contributed by atoms with van der Waals surface area (Å²) >= 11 is 12.0. The maximum absolute atomic E-state index is 12.5. The molecule has 0 unspecified atom stereocenters. The molecule has 0 aromatic heterocycles. The highest BCUT2D eigenvalue weighted by atomic mass is 35.5. The molecule has 0 heterocycles. The molecule has 0 aliphatic carbocycles. The molecule has 2 aromatic rings. The van der Waals surface area contributed by atoms with Gasteiger partial charge in [-0.2, -0.15) is 0 Å². The minimum atomic E-state index is -3.55. The number of amides is 1. The zero-order valence-corrected chi connectivity index (χ0v) is 20.5. The molecule has 0 aliphatic rings. The van der Waals surface area contributed by atoms with Gasteiger partial charge in [0.2, 0.25) is 10.0 Å². The second kappa shape index (κ2) is 11.7. The summed E-state index contributed by atoms with van der Waals surface area (Å²) < 4.78 is 25.9. The summed E-state index contributed by atoms with van der Waals surface area (Å²) in [5.74, 6) is 0.364. The minimum Gasteiger partial charge on any atom is -0.352 e. The van der Waals surface area contributed by atoms with Crippen molar-refractivity contribution in [3.63, 3.8) is 0 Å². The lowest BCUT2D eigenvalue weighted by molar-refractivity contribution is 0.0946. The van der Waals surface area contributed by atoms with Gasteiger partial charge in [-0.25, -0.2) is 8.42 Å². The summed E-state index contributed by atoms with van der Waals surface area (Å²) in [6.45, 7) is 5.09. The van der Waals surface area contributed by atoms with Crippen LogP contribution < -0.4 is 9.62 Å². The van der Waals surface area contributed by atoms with Gasteiger partial charge in [-0.15, -0.1) is 0 Å². The summed E-state index contributed by atoms with van der Waals surface area (Å²) in [4.78, 5) is 12.5. The van der Waals surface area contributed by atoms with Crippen LogP contribution in [0.2, 0.25) is 10.0 Å². The van der Waals surface area contributed by atoms with E-state index in [-0.39, 0.29) is 17.5 Å². The fourth-order valence-corrected chi connectivity index (χ4v) is 4.42. The molecule has 1 amide bonds. The number of nitrogens with one attached hydrogen (secondary N) is 1. The quantitative estimate of drug-likeness (QED) is 0.431. The van der Waals surface area contributed by atoms with Crippen LogP contribution in [0.25, 0.3) is 0 Å². The molecule has 31 heavy (non-hydrogen) atoms. The van der Waals surface area contributed by atoms with Crippen LogP contribution in [0.15, 0.2) is 42.5 Å². The fraction of sp³-hybridized carbons (Fsp3) is 0.435. The van der Waals surface area contributed by atoms with E-state index in [1.165, 1.54) is 16.8 Å². The number of hydrogen-bond donors (Lipinski definition) is 1. The van der Waals surface area contributed by atoms with Gasteiger partial charge in [-0.3, -0.25) is 9.10 Å². The number of nitrogens with zero attached hydrogens (tertiary/aromatic N) is 1. The molecule has 0 spiro atoms. The van der Waals surface area contributed by atoms with Crippen molar-refractivity contribution in [3.05, 3.63) is 63.6 Å². The number of carbonyl (C=O) groups excluding carboxylic acids is 1. The maximum Gasteiger partial charge on any atom is 0.251 e. The van der Waals surface area contributed by atoms with E-state index in [1.54, 1.807) is 36.4 Å². The largest absolute Gasteiger partial charge is 0.352 e. The van der Waals surface area contributed by atoms with Crippen LogP contribution >= 0.6 is 23.2 Å². The maximum atomic E-state index is 12.5. The number of sulfonamides is 1. The Balaban J connectivity index is 2.08. The van der Waals surface area contributed by atoms with Gasteiger partial charge in [0.05, 0.1) is 28.5 Å². The molecule has 0 aliphatic heterocycles. The van der Waals surface area contributed by atoms with E-state index < -0.39 is 10.0 Å². The average molecular weight is 485 g/mol. The van der Waals surface area contributed by atoms with Crippen molar-refractivity contribution < 1.29 is 13.2 Å². The zero-order chi connectivity index (χ0) is 23.0. The van der Waals surface area contributed by atoms with Crippen LogP contribution in [0, 0.1) is 5.92 Å². The molecule has 170 valence electrons. The van der Waals surface area contributed by atoms with Crippen LogP contribution in [0.1, 0.15) is 55.5 Å². The summed E-state index contributed by atoms with van der Waals surface area (Å²) in [5.41, 5.74) is 1.73. The van der Waals surface area contributed by atoms with Crippen molar-refractivity contribution in [2.75, 3.05) is 17.1 Å². The Morgan fingerprint density at radius 2 is 1.74 bits per heavy atom.